The lowest BCUT2D eigenvalue weighted by atomic mass is 10.2. The topological polar surface area (TPSA) is 91.7 Å². The van der Waals surface area contributed by atoms with Crippen molar-refractivity contribution in [2.24, 2.45) is 0 Å². The van der Waals surface area contributed by atoms with Crippen molar-refractivity contribution in [3.8, 4) is 11.8 Å². The Labute approximate surface area is 141 Å². The highest BCUT2D eigenvalue weighted by atomic mass is 16.5. The molecule has 7 nitrogen and oxygen atoms in total. The Morgan fingerprint density at radius 2 is 2.17 bits per heavy atom. The molecule has 0 aliphatic carbocycles. The van der Waals surface area contributed by atoms with Gasteiger partial charge in [-0.15, -0.1) is 0 Å². The second-order valence-electron chi connectivity index (χ2n) is 5.54. The Morgan fingerprint density at radius 1 is 1.42 bits per heavy atom. The average Bonchev–Trinajstić information content (AvgIpc) is 2.59. The zero-order valence-corrected chi connectivity index (χ0v) is 13.7. The monoisotopic (exact) mass is 331 g/mol. The van der Waals surface area contributed by atoms with Gasteiger partial charge in [0.1, 0.15) is 5.75 Å². The smallest absolute Gasteiger partial charge is 0.260 e. The molecule has 1 fully saturated rings. The lowest BCUT2D eigenvalue weighted by Gasteiger charge is -2.32. The fourth-order valence-electron chi connectivity index (χ4n) is 2.36. The Kier molecular flexibility index (Phi) is 6.58. The Bertz CT molecular complexity index is 609. The van der Waals surface area contributed by atoms with Crippen LogP contribution in [0.3, 0.4) is 0 Å². The van der Waals surface area contributed by atoms with Gasteiger partial charge in [-0.3, -0.25) is 9.59 Å². The molecule has 1 aromatic rings. The van der Waals surface area contributed by atoms with Crippen molar-refractivity contribution in [1.29, 1.82) is 5.26 Å². The van der Waals surface area contributed by atoms with Crippen LogP contribution in [0.1, 0.15) is 12.5 Å². The number of nitrogens with one attached hydrogen (secondary N) is 1. The maximum Gasteiger partial charge on any atom is 0.260 e. The molecule has 2 amide bonds. The van der Waals surface area contributed by atoms with Gasteiger partial charge in [0.05, 0.1) is 25.2 Å². The van der Waals surface area contributed by atoms with Crippen LogP contribution in [0.15, 0.2) is 24.3 Å². The SMILES string of the molecule is CC(=O)NC[C@H]1CN(C(=O)COc2ccc(CC#N)cc2)CCO1. The summed E-state index contributed by atoms with van der Waals surface area (Å²) < 4.78 is 11.0. The summed E-state index contributed by atoms with van der Waals surface area (Å²) in [6.07, 6.45) is 0.153. The third-order valence-corrected chi connectivity index (χ3v) is 3.64. The molecule has 1 aromatic carbocycles. The summed E-state index contributed by atoms with van der Waals surface area (Å²) in [5.41, 5.74) is 0.908. The van der Waals surface area contributed by atoms with E-state index in [4.69, 9.17) is 14.7 Å². The highest BCUT2D eigenvalue weighted by molar-refractivity contribution is 5.78. The summed E-state index contributed by atoms with van der Waals surface area (Å²) in [6.45, 7) is 3.18. The second kappa shape index (κ2) is 8.89. The zero-order valence-electron chi connectivity index (χ0n) is 13.7. The van der Waals surface area contributed by atoms with E-state index < -0.39 is 0 Å². The standard InChI is InChI=1S/C17H21N3O4/c1-13(21)19-10-16-11-20(8-9-23-16)17(22)12-24-15-4-2-14(3-5-15)6-7-18/h2-5,16H,6,8-12H2,1H3,(H,19,21)/t16-/m0/s1. The molecule has 7 heteroatoms. The number of carbonyl (C=O) groups excluding carboxylic acids is 2. The van der Waals surface area contributed by atoms with Gasteiger partial charge < -0.3 is 19.7 Å². The van der Waals surface area contributed by atoms with E-state index in [1.54, 1.807) is 29.2 Å². The van der Waals surface area contributed by atoms with Gasteiger partial charge in [0.15, 0.2) is 6.61 Å². The molecule has 1 aliphatic heterocycles. The molecule has 1 atom stereocenters. The molecule has 0 saturated carbocycles. The molecule has 2 rings (SSSR count). The molecule has 1 aliphatic rings. The van der Waals surface area contributed by atoms with Crippen LogP contribution in [-0.4, -0.2) is 55.7 Å². The van der Waals surface area contributed by atoms with Gasteiger partial charge in [0, 0.05) is 26.6 Å². The number of carbonyl (C=O) groups is 2. The molecule has 0 bridgehead atoms. The van der Waals surface area contributed by atoms with Crippen LogP contribution in [0, 0.1) is 11.3 Å². The lowest BCUT2D eigenvalue weighted by molar-refractivity contribution is -0.140. The van der Waals surface area contributed by atoms with Gasteiger partial charge >= 0.3 is 0 Å². The number of hydrogen-bond acceptors (Lipinski definition) is 5. The number of hydrogen-bond donors (Lipinski definition) is 1. The van der Waals surface area contributed by atoms with Gasteiger partial charge in [0.2, 0.25) is 5.91 Å². The largest absolute Gasteiger partial charge is 0.484 e. The predicted octanol–water partition coefficient (Wildman–Crippen LogP) is 0.495. The first-order valence-electron chi connectivity index (χ1n) is 7.81. The van der Waals surface area contributed by atoms with Gasteiger partial charge in [-0.05, 0) is 17.7 Å². The van der Waals surface area contributed by atoms with Crippen LogP contribution < -0.4 is 10.1 Å². The van der Waals surface area contributed by atoms with Crippen molar-refractivity contribution in [1.82, 2.24) is 10.2 Å². The number of nitriles is 1. The first kappa shape index (κ1) is 17.8. The molecule has 0 radical (unpaired) electrons. The van der Waals surface area contributed by atoms with Gasteiger partial charge in [-0.2, -0.15) is 5.26 Å². The molecule has 128 valence electrons. The van der Waals surface area contributed by atoms with Crippen molar-refractivity contribution in [2.45, 2.75) is 19.4 Å². The minimum Gasteiger partial charge on any atom is -0.484 e. The van der Waals surface area contributed by atoms with Crippen LogP contribution in [0.4, 0.5) is 0 Å². The Morgan fingerprint density at radius 3 is 2.83 bits per heavy atom. The number of amides is 2. The number of morpholine rings is 1. The predicted molar refractivity (Wildman–Crippen MR) is 86.3 cm³/mol. The molecule has 0 aromatic heterocycles. The maximum atomic E-state index is 12.2. The van der Waals surface area contributed by atoms with Gasteiger partial charge in [-0.25, -0.2) is 0 Å². The molecular weight excluding hydrogens is 310 g/mol. The first-order chi connectivity index (χ1) is 11.6. The maximum absolute atomic E-state index is 12.2. The van der Waals surface area contributed by atoms with Crippen molar-refractivity contribution >= 4 is 11.8 Å². The second-order valence-corrected chi connectivity index (χ2v) is 5.54. The Balaban J connectivity index is 1.79. The third-order valence-electron chi connectivity index (χ3n) is 3.64. The first-order valence-corrected chi connectivity index (χ1v) is 7.81. The Hall–Kier alpha value is -2.59. The van der Waals surface area contributed by atoms with Gasteiger partial charge in [0.25, 0.3) is 5.91 Å². The highest BCUT2D eigenvalue weighted by Gasteiger charge is 2.24. The number of rotatable bonds is 6. The summed E-state index contributed by atoms with van der Waals surface area (Å²) in [4.78, 5) is 24.9. The van der Waals surface area contributed by atoms with E-state index in [0.29, 0.717) is 38.4 Å². The van der Waals surface area contributed by atoms with E-state index in [1.807, 2.05) is 0 Å². The van der Waals surface area contributed by atoms with Crippen molar-refractivity contribution in [3.63, 3.8) is 0 Å². The quantitative estimate of drug-likeness (QED) is 0.819. The van der Waals surface area contributed by atoms with Crippen molar-refractivity contribution in [3.05, 3.63) is 29.8 Å². The lowest BCUT2D eigenvalue weighted by Crippen LogP contribution is -2.50. The molecule has 1 N–H and O–H groups in total. The molecule has 1 saturated heterocycles. The van der Waals surface area contributed by atoms with Crippen LogP contribution in [0.5, 0.6) is 5.75 Å². The van der Waals surface area contributed by atoms with E-state index in [1.165, 1.54) is 6.92 Å². The minimum absolute atomic E-state index is 0.0511. The minimum atomic E-state index is -0.197. The third kappa shape index (κ3) is 5.56. The summed E-state index contributed by atoms with van der Waals surface area (Å²) in [5, 5.41) is 11.3. The normalized spacial score (nSPS) is 17.0. The summed E-state index contributed by atoms with van der Waals surface area (Å²) in [7, 11) is 0. The molecule has 0 unspecified atom stereocenters. The summed E-state index contributed by atoms with van der Waals surface area (Å²) >= 11 is 0. The average molecular weight is 331 g/mol. The van der Waals surface area contributed by atoms with Crippen LogP contribution in [0.2, 0.25) is 0 Å². The number of ether oxygens (including phenoxy) is 2. The fourth-order valence-corrected chi connectivity index (χ4v) is 2.36. The number of nitrogens with zero attached hydrogens (tertiary/aromatic N) is 2. The highest BCUT2D eigenvalue weighted by Crippen LogP contribution is 2.13. The van der Waals surface area contributed by atoms with E-state index in [-0.39, 0.29) is 24.5 Å². The zero-order chi connectivity index (χ0) is 17.4. The molecule has 24 heavy (non-hydrogen) atoms. The van der Waals surface area contributed by atoms with Crippen molar-refractivity contribution in [2.75, 3.05) is 32.8 Å². The fraction of sp³-hybridized carbons (Fsp3) is 0.471. The number of benzene rings is 1. The molecular formula is C17H21N3O4. The molecule has 0 spiro atoms. The van der Waals surface area contributed by atoms with Crippen LogP contribution in [0.25, 0.3) is 0 Å². The summed E-state index contributed by atoms with van der Waals surface area (Å²) in [5.74, 6) is 0.352. The van der Waals surface area contributed by atoms with Crippen LogP contribution >= 0.6 is 0 Å². The molecule has 1 heterocycles. The van der Waals surface area contributed by atoms with E-state index in [0.717, 1.165) is 5.56 Å². The van der Waals surface area contributed by atoms with Crippen molar-refractivity contribution < 1.29 is 19.1 Å². The van der Waals surface area contributed by atoms with Crippen LogP contribution in [-0.2, 0) is 20.7 Å². The van der Waals surface area contributed by atoms with Gasteiger partial charge in [-0.1, -0.05) is 12.1 Å². The summed E-state index contributed by atoms with van der Waals surface area (Å²) in [6, 6.07) is 9.19. The van der Waals surface area contributed by atoms with E-state index in [2.05, 4.69) is 11.4 Å². The van der Waals surface area contributed by atoms with E-state index in [9.17, 15) is 9.59 Å². The van der Waals surface area contributed by atoms with E-state index >= 15 is 0 Å².